The van der Waals surface area contributed by atoms with E-state index in [1.54, 1.807) is 30.1 Å². The van der Waals surface area contributed by atoms with Crippen LogP contribution in [0.15, 0.2) is 48.5 Å². The lowest BCUT2D eigenvalue weighted by Crippen LogP contribution is -2.26. The second-order valence-electron chi connectivity index (χ2n) is 6.63. The van der Waals surface area contributed by atoms with Crippen LogP contribution < -0.4 is 9.47 Å². The number of hydrogen-bond acceptors (Lipinski definition) is 4. The molecule has 4 rings (SSSR count). The molecule has 0 bridgehead atoms. The van der Waals surface area contributed by atoms with Crippen molar-refractivity contribution in [3.8, 4) is 17.2 Å². The molecule has 0 N–H and O–H groups in total. The maximum absolute atomic E-state index is 12.9. The quantitative estimate of drug-likeness (QED) is 0.712. The van der Waals surface area contributed by atoms with Gasteiger partial charge in [0.05, 0.1) is 11.4 Å². The van der Waals surface area contributed by atoms with Crippen molar-refractivity contribution in [2.24, 2.45) is 0 Å². The third-order valence-electron chi connectivity index (χ3n) is 4.80. The molecule has 1 aromatic heterocycles. The standard InChI is InChI=1S/C21H21N3O3/c1-14-18(15(2)24(22-14)17-7-5-4-6-8-17)12-23(3)21(25)16-9-10-19-20(11-16)27-13-26-19/h4-11H,12-13H2,1-3H3. The lowest BCUT2D eigenvalue weighted by molar-refractivity contribution is 0.0784. The Kier molecular flexibility index (Phi) is 4.32. The Morgan fingerprint density at radius 3 is 2.63 bits per heavy atom. The van der Waals surface area contributed by atoms with E-state index in [1.807, 2.05) is 48.9 Å². The zero-order chi connectivity index (χ0) is 19.0. The minimum Gasteiger partial charge on any atom is -0.454 e. The fraction of sp³-hybridized carbons (Fsp3) is 0.238. The summed E-state index contributed by atoms with van der Waals surface area (Å²) in [7, 11) is 1.80. The topological polar surface area (TPSA) is 56.6 Å². The van der Waals surface area contributed by atoms with Gasteiger partial charge in [-0.1, -0.05) is 18.2 Å². The molecule has 6 nitrogen and oxygen atoms in total. The van der Waals surface area contributed by atoms with Gasteiger partial charge in [0, 0.05) is 30.4 Å². The molecule has 1 aliphatic rings. The number of carbonyl (C=O) groups excluding carboxylic acids is 1. The number of benzene rings is 2. The second kappa shape index (κ2) is 6.79. The monoisotopic (exact) mass is 363 g/mol. The first-order valence-electron chi connectivity index (χ1n) is 8.80. The molecule has 0 saturated heterocycles. The molecule has 0 aliphatic carbocycles. The van der Waals surface area contributed by atoms with Crippen LogP contribution in [0.1, 0.15) is 27.3 Å². The Morgan fingerprint density at radius 1 is 1.11 bits per heavy atom. The molecule has 0 atom stereocenters. The lowest BCUT2D eigenvalue weighted by atomic mass is 10.1. The van der Waals surface area contributed by atoms with Crippen LogP contribution in [0.25, 0.3) is 5.69 Å². The molecule has 1 aliphatic heterocycles. The van der Waals surface area contributed by atoms with Gasteiger partial charge in [0.25, 0.3) is 5.91 Å². The predicted molar refractivity (Wildman–Crippen MR) is 101 cm³/mol. The van der Waals surface area contributed by atoms with Crippen LogP contribution in [0.5, 0.6) is 11.5 Å². The molecule has 27 heavy (non-hydrogen) atoms. The van der Waals surface area contributed by atoms with Crippen molar-refractivity contribution in [1.82, 2.24) is 14.7 Å². The summed E-state index contributed by atoms with van der Waals surface area (Å²) in [5.41, 5.74) is 4.59. The number of carbonyl (C=O) groups is 1. The van der Waals surface area contributed by atoms with Crippen molar-refractivity contribution in [3.05, 3.63) is 71.0 Å². The van der Waals surface area contributed by atoms with Crippen LogP contribution >= 0.6 is 0 Å². The Morgan fingerprint density at radius 2 is 1.85 bits per heavy atom. The van der Waals surface area contributed by atoms with Gasteiger partial charge < -0.3 is 14.4 Å². The Labute approximate surface area is 157 Å². The summed E-state index contributed by atoms with van der Waals surface area (Å²) in [5, 5.41) is 4.65. The Balaban J connectivity index is 1.57. The van der Waals surface area contributed by atoms with E-state index in [2.05, 4.69) is 5.10 Å². The van der Waals surface area contributed by atoms with Crippen molar-refractivity contribution >= 4 is 5.91 Å². The molecule has 0 radical (unpaired) electrons. The Bertz CT molecular complexity index is 995. The first-order chi connectivity index (χ1) is 13.0. The molecule has 6 heteroatoms. The number of ether oxygens (including phenoxy) is 2. The van der Waals surface area contributed by atoms with Crippen molar-refractivity contribution < 1.29 is 14.3 Å². The normalized spacial score (nSPS) is 12.3. The third kappa shape index (κ3) is 3.14. The van der Waals surface area contributed by atoms with Gasteiger partial charge in [0.1, 0.15) is 0 Å². The number of amides is 1. The predicted octanol–water partition coefficient (Wildman–Crippen LogP) is 3.49. The number of aromatic nitrogens is 2. The summed E-state index contributed by atoms with van der Waals surface area (Å²) in [5.74, 6) is 1.21. The van der Waals surface area contributed by atoms with Crippen LogP contribution in [0, 0.1) is 13.8 Å². The maximum atomic E-state index is 12.9. The third-order valence-corrected chi connectivity index (χ3v) is 4.80. The number of aryl methyl sites for hydroxylation is 1. The lowest BCUT2D eigenvalue weighted by Gasteiger charge is -2.18. The highest BCUT2D eigenvalue weighted by molar-refractivity contribution is 5.94. The van der Waals surface area contributed by atoms with E-state index in [0.717, 1.165) is 22.6 Å². The fourth-order valence-electron chi connectivity index (χ4n) is 3.28. The van der Waals surface area contributed by atoms with Crippen LogP contribution in [0.4, 0.5) is 0 Å². The highest BCUT2D eigenvalue weighted by Gasteiger charge is 2.21. The van der Waals surface area contributed by atoms with Crippen molar-refractivity contribution in [2.75, 3.05) is 13.8 Å². The van der Waals surface area contributed by atoms with Crippen LogP contribution in [0.2, 0.25) is 0 Å². The number of rotatable bonds is 4. The molecule has 0 spiro atoms. The largest absolute Gasteiger partial charge is 0.454 e. The summed E-state index contributed by atoms with van der Waals surface area (Å²) >= 11 is 0. The van der Waals surface area contributed by atoms with Gasteiger partial charge in [0.15, 0.2) is 11.5 Å². The van der Waals surface area contributed by atoms with Crippen LogP contribution in [-0.2, 0) is 6.54 Å². The molecule has 0 saturated carbocycles. The van der Waals surface area contributed by atoms with Gasteiger partial charge in [-0.2, -0.15) is 5.10 Å². The van der Waals surface area contributed by atoms with Crippen molar-refractivity contribution in [2.45, 2.75) is 20.4 Å². The van der Waals surface area contributed by atoms with Crippen molar-refractivity contribution in [1.29, 1.82) is 0 Å². The van der Waals surface area contributed by atoms with E-state index >= 15 is 0 Å². The summed E-state index contributed by atoms with van der Waals surface area (Å²) in [4.78, 5) is 14.5. The Hall–Kier alpha value is -3.28. The average Bonchev–Trinajstić information content (AvgIpc) is 3.27. The van der Waals surface area contributed by atoms with E-state index in [1.165, 1.54) is 0 Å². The molecule has 0 fully saturated rings. The number of fused-ring (bicyclic) bond motifs is 1. The SMILES string of the molecule is Cc1nn(-c2ccccc2)c(C)c1CN(C)C(=O)c1ccc2c(c1)OCO2. The fourth-order valence-corrected chi connectivity index (χ4v) is 3.28. The number of hydrogen-bond donors (Lipinski definition) is 0. The molecule has 2 heterocycles. The highest BCUT2D eigenvalue weighted by Crippen LogP contribution is 2.33. The van der Waals surface area contributed by atoms with Crippen LogP contribution in [-0.4, -0.2) is 34.4 Å². The molecule has 0 unspecified atom stereocenters. The van der Waals surface area contributed by atoms with E-state index in [9.17, 15) is 4.79 Å². The van der Waals surface area contributed by atoms with Crippen molar-refractivity contribution in [3.63, 3.8) is 0 Å². The average molecular weight is 363 g/mol. The van der Waals surface area contributed by atoms with Gasteiger partial charge in [-0.25, -0.2) is 4.68 Å². The van der Waals surface area contributed by atoms with E-state index in [-0.39, 0.29) is 12.7 Å². The zero-order valence-corrected chi connectivity index (χ0v) is 15.6. The number of nitrogens with zero attached hydrogens (tertiary/aromatic N) is 3. The minimum atomic E-state index is -0.0699. The first kappa shape index (κ1) is 17.1. The first-order valence-corrected chi connectivity index (χ1v) is 8.80. The van der Waals surface area contributed by atoms with Gasteiger partial charge >= 0.3 is 0 Å². The van der Waals surface area contributed by atoms with Gasteiger partial charge in [0.2, 0.25) is 6.79 Å². The summed E-state index contributed by atoms with van der Waals surface area (Å²) in [6.45, 7) is 4.68. The van der Waals surface area contributed by atoms with E-state index in [4.69, 9.17) is 9.47 Å². The van der Waals surface area contributed by atoms with E-state index in [0.29, 0.717) is 23.6 Å². The number of para-hydroxylation sites is 1. The molecule has 138 valence electrons. The highest BCUT2D eigenvalue weighted by atomic mass is 16.7. The maximum Gasteiger partial charge on any atom is 0.254 e. The van der Waals surface area contributed by atoms with Crippen LogP contribution in [0.3, 0.4) is 0 Å². The molecule has 2 aromatic carbocycles. The second-order valence-corrected chi connectivity index (χ2v) is 6.63. The summed E-state index contributed by atoms with van der Waals surface area (Å²) in [6.07, 6.45) is 0. The van der Waals surface area contributed by atoms with E-state index < -0.39 is 0 Å². The minimum absolute atomic E-state index is 0.0699. The molecule has 3 aromatic rings. The zero-order valence-electron chi connectivity index (χ0n) is 15.6. The summed E-state index contributed by atoms with van der Waals surface area (Å²) < 4.78 is 12.6. The van der Waals surface area contributed by atoms with Gasteiger partial charge in [-0.15, -0.1) is 0 Å². The smallest absolute Gasteiger partial charge is 0.254 e. The van der Waals surface area contributed by atoms with Gasteiger partial charge in [-0.3, -0.25) is 4.79 Å². The summed E-state index contributed by atoms with van der Waals surface area (Å²) in [6, 6.07) is 15.3. The molecule has 1 amide bonds. The molecular weight excluding hydrogens is 342 g/mol. The van der Waals surface area contributed by atoms with Gasteiger partial charge in [-0.05, 0) is 44.2 Å². The molecular formula is C21H21N3O3.